The predicted molar refractivity (Wildman–Crippen MR) is 77.4 cm³/mol. The molecule has 0 fully saturated rings. The largest absolute Gasteiger partial charge is 0.493 e. The molecule has 0 bridgehead atoms. The van der Waals surface area contributed by atoms with Crippen LogP contribution in [0.1, 0.15) is 12.2 Å². The van der Waals surface area contributed by atoms with Crippen LogP contribution >= 0.6 is 15.9 Å². The van der Waals surface area contributed by atoms with Crippen molar-refractivity contribution in [3.8, 4) is 5.75 Å². The van der Waals surface area contributed by atoms with E-state index >= 15 is 0 Å². The van der Waals surface area contributed by atoms with Crippen LogP contribution < -0.4 is 10.1 Å². The maximum absolute atomic E-state index is 11.6. The first-order valence-electron chi connectivity index (χ1n) is 6.23. The molecule has 2 N–H and O–H groups in total. The molecule has 1 aromatic heterocycles. The quantitative estimate of drug-likeness (QED) is 0.805. The summed E-state index contributed by atoms with van der Waals surface area (Å²) in [6.07, 6.45) is 2.41. The van der Waals surface area contributed by atoms with Gasteiger partial charge in [-0.25, -0.2) is 4.98 Å². The Morgan fingerprint density at radius 3 is 2.85 bits per heavy atom. The number of hydrogen-bond donors (Lipinski definition) is 2. The van der Waals surface area contributed by atoms with Gasteiger partial charge in [-0.1, -0.05) is 15.9 Å². The van der Waals surface area contributed by atoms with Crippen molar-refractivity contribution in [2.24, 2.45) is 0 Å². The molecular formula is C13H15BrN4O2. The molecule has 0 aliphatic rings. The van der Waals surface area contributed by atoms with Gasteiger partial charge in [-0.05, 0) is 24.3 Å². The Bertz CT molecular complexity index is 528. The number of rotatable bonds is 7. The van der Waals surface area contributed by atoms with Crippen LogP contribution in [0.25, 0.3) is 0 Å². The van der Waals surface area contributed by atoms with Gasteiger partial charge >= 0.3 is 0 Å². The number of halogens is 1. The molecule has 1 heterocycles. The van der Waals surface area contributed by atoms with Crippen LogP contribution in [0.3, 0.4) is 0 Å². The number of nitrogens with one attached hydrogen (secondary N) is 2. The van der Waals surface area contributed by atoms with Crippen molar-refractivity contribution in [2.45, 2.75) is 12.8 Å². The number of nitrogens with zero attached hydrogens (tertiary/aromatic N) is 2. The van der Waals surface area contributed by atoms with Gasteiger partial charge in [0.2, 0.25) is 5.91 Å². The van der Waals surface area contributed by atoms with E-state index in [9.17, 15) is 4.79 Å². The second-order valence-electron chi connectivity index (χ2n) is 4.08. The fourth-order valence-electron chi connectivity index (χ4n) is 1.55. The van der Waals surface area contributed by atoms with Gasteiger partial charge in [0.15, 0.2) is 0 Å². The minimum atomic E-state index is -0.0402. The molecule has 0 saturated carbocycles. The van der Waals surface area contributed by atoms with E-state index in [2.05, 4.69) is 36.4 Å². The first-order chi connectivity index (χ1) is 9.74. The van der Waals surface area contributed by atoms with Crippen LogP contribution in [0.2, 0.25) is 0 Å². The maximum atomic E-state index is 11.6. The monoisotopic (exact) mass is 338 g/mol. The number of carbonyl (C=O) groups is 1. The van der Waals surface area contributed by atoms with Gasteiger partial charge in [0.05, 0.1) is 13.0 Å². The van der Waals surface area contributed by atoms with Crippen molar-refractivity contribution < 1.29 is 9.53 Å². The van der Waals surface area contributed by atoms with E-state index in [-0.39, 0.29) is 5.91 Å². The number of ether oxygens (including phenoxy) is 1. The molecule has 0 radical (unpaired) electrons. The van der Waals surface area contributed by atoms with E-state index in [0.717, 1.165) is 16.0 Å². The van der Waals surface area contributed by atoms with Crippen LogP contribution in [0.4, 0.5) is 0 Å². The average molecular weight is 339 g/mol. The summed E-state index contributed by atoms with van der Waals surface area (Å²) in [5, 5.41) is 9.28. The van der Waals surface area contributed by atoms with E-state index < -0.39 is 0 Å². The summed E-state index contributed by atoms with van der Waals surface area (Å²) < 4.78 is 6.47. The first kappa shape index (κ1) is 14.5. The highest BCUT2D eigenvalue weighted by atomic mass is 79.9. The van der Waals surface area contributed by atoms with Gasteiger partial charge in [-0.3, -0.25) is 9.89 Å². The molecule has 0 aliphatic heterocycles. The summed E-state index contributed by atoms with van der Waals surface area (Å²) in [5.74, 6) is 1.47. The van der Waals surface area contributed by atoms with E-state index in [4.69, 9.17) is 4.74 Å². The van der Waals surface area contributed by atoms with Crippen LogP contribution in [0, 0.1) is 0 Å². The molecule has 2 aromatic rings. The van der Waals surface area contributed by atoms with Gasteiger partial charge in [0.1, 0.15) is 17.9 Å². The number of aromatic amines is 1. The minimum Gasteiger partial charge on any atom is -0.493 e. The number of H-pyrrole nitrogens is 1. The molecule has 106 valence electrons. The van der Waals surface area contributed by atoms with Gasteiger partial charge in [0, 0.05) is 17.4 Å². The molecule has 1 aromatic carbocycles. The van der Waals surface area contributed by atoms with Gasteiger partial charge < -0.3 is 10.1 Å². The summed E-state index contributed by atoms with van der Waals surface area (Å²) in [7, 11) is 0. The third-order valence-electron chi connectivity index (χ3n) is 2.56. The lowest BCUT2D eigenvalue weighted by Crippen LogP contribution is -2.27. The van der Waals surface area contributed by atoms with Crippen molar-refractivity contribution in [1.82, 2.24) is 20.5 Å². The number of hydrogen-bond acceptors (Lipinski definition) is 4. The lowest BCUT2D eigenvalue weighted by Gasteiger charge is -2.06. The highest BCUT2D eigenvalue weighted by Gasteiger charge is 2.02. The molecule has 0 aliphatic carbocycles. The molecule has 2 rings (SSSR count). The number of amides is 1. The maximum Gasteiger partial charge on any atom is 0.223 e. The minimum absolute atomic E-state index is 0.0402. The Hall–Kier alpha value is -1.89. The van der Waals surface area contributed by atoms with Crippen molar-refractivity contribution in [2.75, 3.05) is 13.2 Å². The number of aromatic nitrogens is 3. The summed E-state index contributed by atoms with van der Waals surface area (Å²) in [4.78, 5) is 15.5. The Kier molecular flexibility index (Phi) is 5.55. The van der Waals surface area contributed by atoms with Gasteiger partial charge in [0.25, 0.3) is 0 Å². The lowest BCUT2D eigenvalue weighted by molar-refractivity contribution is -0.121. The van der Waals surface area contributed by atoms with Crippen LogP contribution in [-0.2, 0) is 11.2 Å². The molecule has 0 unspecified atom stereocenters. The standard InChI is InChI=1S/C13H15BrN4O2/c14-10-1-3-11(4-2-10)20-8-6-13(19)15-7-5-12-16-9-17-18-12/h1-4,9H,5-8H2,(H,15,19)(H,16,17,18). The predicted octanol–water partition coefficient (Wildman–Crippen LogP) is 1.69. The van der Waals surface area contributed by atoms with Crippen LogP contribution in [-0.4, -0.2) is 34.2 Å². The molecule has 0 spiro atoms. The average Bonchev–Trinajstić information content (AvgIpc) is 2.94. The summed E-state index contributed by atoms with van der Waals surface area (Å²) in [5.41, 5.74) is 0. The second kappa shape index (κ2) is 7.64. The van der Waals surface area contributed by atoms with Crippen LogP contribution in [0.5, 0.6) is 5.75 Å². The Labute approximate surface area is 125 Å². The molecule has 7 heteroatoms. The highest BCUT2D eigenvalue weighted by molar-refractivity contribution is 9.10. The molecule has 0 atom stereocenters. The zero-order chi connectivity index (χ0) is 14.2. The van der Waals surface area contributed by atoms with E-state index in [1.807, 2.05) is 24.3 Å². The molecule has 0 saturated heterocycles. The number of carbonyl (C=O) groups excluding carboxylic acids is 1. The number of benzene rings is 1. The third kappa shape index (κ3) is 5.00. The van der Waals surface area contributed by atoms with Crippen molar-refractivity contribution in [1.29, 1.82) is 0 Å². The van der Waals surface area contributed by atoms with Crippen LogP contribution in [0.15, 0.2) is 35.1 Å². The normalized spacial score (nSPS) is 10.2. The van der Waals surface area contributed by atoms with Crippen molar-refractivity contribution in [3.63, 3.8) is 0 Å². The van der Waals surface area contributed by atoms with Crippen molar-refractivity contribution in [3.05, 3.63) is 40.9 Å². The van der Waals surface area contributed by atoms with Gasteiger partial charge in [-0.15, -0.1) is 0 Å². The smallest absolute Gasteiger partial charge is 0.223 e. The molecule has 20 heavy (non-hydrogen) atoms. The zero-order valence-corrected chi connectivity index (χ0v) is 12.4. The first-order valence-corrected chi connectivity index (χ1v) is 7.02. The summed E-state index contributed by atoms with van der Waals surface area (Å²) in [6.45, 7) is 0.891. The Balaban J connectivity index is 1.59. The molecular weight excluding hydrogens is 324 g/mol. The zero-order valence-electron chi connectivity index (χ0n) is 10.8. The highest BCUT2D eigenvalue weighted by Crippen LogP contribution is 2.16. The summed E-state index contributed by atoms with van der Waals surface area (Å²) >= 11 is 3.35. The fourth-order valence-corrected chi connectivity index (χ4v) is 1.82. The second-order valence-corrected chi connectivity index (χ2v) is 5.00. The third-order valence-corrected chi connectivity index (χ3v) is 3.09. The fraction of sp³-hybridized carbons (Fsp3) is 0.308. The van der Waals surface area contributed by atoms with E-state index in [1.54, 1.807) is 0 Å². The topological polar surface area (TPSA) is 79.9 Å². The van der Waals surface area contributed by atoms with Crippen molar-refractivity contribution >= 4 is 21.8 Å². The van der Waals surface area contributed by atoms with Gasteiger partial charge in [-0.2, -0.15) is 5.10 Å². The molecule has 6 nitrogen and oxygen atoms in total. The Morgan fingerprint density at radius 2 is 2.15 bits per heavy atom. The summed E-state index contributed by atoms with van der Waals surface area (Å²) in [6, 6.07) is 7.50. The van der Waals surface area contributed by atoms with E-state index in [0.29, 0.717) is 26.0 Å². The molecule has 1 amide bonds. The van der Waals surface area contributed by atoms with E-state index in [1.165, 1.54) is 6.33 Å². The lowest BCUT2D eigenvalue weighted by atomic mass is 10.3. The SMILES string of the molecule is O=C(CCOc1ccc(Br)cc1)NCCc1ncn[nH]1. The Morgan fingerprint density at radius 1 is 1.35 bits per heavy atom.